The average Bonchev–Trinajstić information content (AvgIpc) is 2.46. The fourth-order valence-electron chi connectivity index (χ4n) is 2.44. The second-order valence-electron chi connectivity index (χ2n) is 5.21. The van der Waals surface area contributed by atoms with Crippen LogP contribution in [-0.2, 0) is 9.84 Å². The lowest BCUT2D eigenvalue weighted by molar-refractivity contribution is 0.577. The van der Waals surface area contributed by atoms with Crippen LogP contribution in [0.25, 0.3) is 0 Å². The van der Waals surface area contributed by atoms with E-state index in [1.165, 1.54) is 12.7 Å². The number of piperidine rings is 1. The molecule has 0 radical (unpaired) electrons. The number of rotatable bonds is 4. The third-order valence-corrected chi connectivity index (χ3v) is 4.88. The first-order valence-electron chi connectivity index (χ1n) is 6.90. The number of alkyl halides is 1. The maximum atomic E-state index is 11.9. The predicted octanol–water partition coefficient (Wildman–Crippen LogP) is 2.31. The summed E-state index contributed by atoms with van der Waals surface area (Å²) in [5.41, 5.74) is 6.99. The molecule has 2 N–H and O–H groups in total. The van der Waals surface area contributed by atoms with Crippen molar-refractivity contribution < 1.29 is 8.42 Å². The molecule has 0 aromatic heterocycles. The maximum absolute atomic E-state index is 11.9. The number of nitrogens with two attached hydrogens (primary N) is 1. The van der Waals surface area contributed by atoms with Crippen molar-refractivity contribution in [3.05, 3.63) is 18.2 Å². The van der Waals surface area contributed by atoms with Crippen LogP contribution in [0.2, 0.25) is 0 Å². The van der Waals surface area contributed by atoms with Gasteiger partial charge in [0.25, 0.3) is 0 Å². The van der Waals surface area contributed by atoms with Crippen LogP contribution in [-0.4, -0.2) is 39.5 Å². The van der Waals surface area contributed by atoms with Crippen molar-refractivity contribution in [2.75, 3.05) is 30.1 Å². The largest absolute Gasteiger partial charge is 0.386 e. The van der Waals surface area contributed by atoms with E-state index in [-0.39, 0.29) is 16.6 Å². The van der Waals surface area contributed by atoms with E-state index in [1.54, 1.807) is 12.1 Å². The molecule has 1 heterocycles. The highest BCUT2D eigenvalue weighted by Gasteiger charge is 2.17. The standard InChI is InChI=1S/C14H20ClN3O2S/c1-21(19,20)13-6-5-11(18-7-3-2-4-8-18)9-12(13)17-14(16)10-15/h5-6,9H,2-4,7-8,10H2,1H3,(H2,16,17). The van der Waals surface area contributed by atoms with Gasteiger partial charge in [-0.2, -0.15) is 0 Å². The van der Waals surface area contributed by atoms with Gasteiger partial charge < -0.3 is 10.6 Å². The third kappa shape index (κ3) is 4.11. The Kier molecular flexibility index (Phi) is 5.11. The molecule has 5 nitrogen and oxygen atoms in total. The highest BCUT2D eigenvalue weighted by atomic mass is 35.5. The van der Waals surface area contributed by atoms with E-state index < -0.39 is 9.84 Å². The molecule has 1 aliphatic heterocycles. The van der Waals surface area contributed by atoms with Gasteiger partial charge in [0.05, 0.1) is 16.5 Å². The summed E-state index contributed by atoms with van der Waals surface area (Å²) in [4.78, 5) is 6.57. The van der Waals surface area contributed by atoms with Gasteiger partial charge in [0, 0.05) is 25.0 Å². The molecule has 1 aliphatic rings. The number of halogens is 1. The molecule has 1 aromatic rings. The molecule has 116 valence electrons. The van der Waals surface area contributed by atoms with Gasteiger partial charge in [-0.15, -0.1) is 11.6 Å². The molecule has 21 heavy (non-hydrogen) atoms. The number of anilines is 1. The Morgan fingerprint density at radius 1 is 1.33 bits per heavy atom. The van der Waals surface area contributed by atoms with Gasteiger partial charge in [-0.1, -0.05) is 0 Å². The Morgan fingerprint density at radius 3 is 2.57 bits per heavy atom. The van der Waals surface area contributed by atoms with Crippen molar-refractivity contribution in [1.82, 2.24) is 0 Å². The SMILES string of the molecule is CS(=O)(=O)c1ccc(N2CCCCC2)cc1N=C(N)CCl. The number of benzene rings is 1. The maximum Gasteiger partial charge on any atom is 0.177 e. The van der Waals surface area contributed by atoms with Crippen LogP contribution in [0.4, 0.5) is 11.4 Å². The Morgan fingerprint density at radius 2 is 2.00 bits per heavy atom. The van der Waals surface area contributed by atoms with E-state index in [4.69, 9.17) is 17.3 Å². The summed E-state index contributed by atoms with van der Waals surface area (Å²) in [7, 11) is -3.36. The topological polar surface area (TPSA) is 75.8 Å². The summed E-state index contributed by atoms with van der Waals surface area (Å²) in [5.74, 6) is 0.273. The first-order valence-corrected chi connectivity index (χ1v) is 9.32. The summed E-state index contributed by atoms with van der Waals surface area (Å²) in [6.45, 7) is 1.96. The molecule has 0 spiro atoms. The fourth-order valence-corrected chi connectivity index (χ4v) is 3.30. The quantitative estimate of drug-likeness (QED) is 0.522. The van der Waals surface area contributed by atoms with Crippen molar-refractivity contribution in [3.63, 3.8) is 0 Å². The lowest BCUT2D eigenvalue weighted by atomic mass is 10.1. The Hall–Kier alpha value is -1.27. The number of hydrogen-bond acceptors (Lipinski definition) is 4. The summed E-state index contributed by atoms with van der Waals surface area (Å²) in [5, 5.41) is 0. The van der Waals surface area contributed by atoms with Gasteiger partial charge in [-0.3, -0.25) is 0 Å². The minimum absolute atomic E-state index is 0.0666. The van der Waals surface area contributed by atoms with Crippen molar-refractivity contribution in [3.8, 4) is 0 Å². The number of aliphatic imine (C=N–C) groups is 1. The van der Waals surface area contributed by atoms with Crippen LogP contribution >= 0.6 is 11.6 Å². The Balaban J connectivity index is 2.45. The summed E-state index contributed by atoms with van der Waals surface area (Å²) in [6, 6.07) is 5.21. The first-order chi connectivity index (χ1) is 9.91. The Labute approximate surface area is 130 Å². The zero-order valence-corrected chi connectivity index (χ0v) is 13.6. The van der Waals surface area contributed by atoms with Crippen LogP contribution in [0.15, 0.2) is 28.1 Å². The van der Waals surface area contributed by atoms with E-state index in [1.807, 2.05) is 6.07 Å². The molecule has 0 unspecified atom stereocenters. The number of amidine groups is 1. The Bertz CT molecular complexity index is 638. The van der Waals surface area contributed by atoms with Gasteiger partial charge in [0.15, 0.2) is 9.84 Å². The lowest BCUT2D eigenvalue weighted by Gasteiger charge is -2.29. The van der Waals surface area contributed by atoms with Gasteiger partial charge in [-0.25, -0.2) is 13.4 Å². The van der Waals surface area contributed by atoms with Crippen molar-refractivity contribution in [2.45, 2.75) is 24.2 Å². The molecule has 0 amide bonds. The lowest BCUT2D eigenvalue weighted by Crippen LogP contribution is -2.29. The smallest absolute Gasteiger partial charge is 0.177 e. The molecule has 2 rings (SSSR count). The van der Waals surface area contributed by atoms with E-state index in [2.05, 4.69) is 9.89 Å². The molecule has 0 aliphatic carbocycles. The van der Waals surface area contributed by atoms with Crippen LogP contribution < -0.4 is 10.6 Å². The average molecular weight is 330 g/mol. The first kappa shape index (κ1) is 16.1. The second kappa shape index (κ2) is 6.66. The minimum Gasteiger partial charge on any atom is -0.386 e. The van der Waals surface area contributed by atoms with E-state index in [0.29, 0.717) is 5.69 Å². The third-order valence-electron chi connectivity index (χ3n) is 3.46. The molecular formula is C14H20ClN3O2S. The minimum atomic E-state index is -3.36. The highest BCUT2D eigenvalue weighted by Crippen LogP contribution is 2.31. The number of sulfone groups is 1. The predicted molar refractivity (Wildman–Crippen MR) is 87.6 cm³/mol. The molecule has 1 aromatic carbocycles. The summed E-state index contributed by atoms with van der Waals surface area (Å²) < 4.78 is 23.7. The van der Waals surface area contributed by atoms with Gasteiger partial charge >= 0.3 is 0 Å². The van der Waals surface area contributed by atoms with Crippen LogP contribution in [0.5, 0.6) is 0 Å². The number of nitrogens with zero attached hydrogens (tertiary/aromatic N) is 2. The normalized spacial score (nSPS) is 17.0. The molecule has 7 heteroatoms. The zero-order valence-electron chi connectivity index (χ0n) is 12.0. The highest BCUT2D eigenvalue weighted by molar-refractivity contribution is 7.90. The molecule has 1 saturated heterocycles. The molecule has 0 atom stereocenters. The van der Waals surface area contributed by atoms with Gasteiger partial charge in [-0.05, 0) is 37.5 Å². The summed E-state index contributed by atoms with van der Waals surface area (Å²) >= 11 is 5.64. The van der Waals surface area contributed by atoms with Crippen LogP contribution in [0, 0.1) is 0 Å². The monoisotopic (exact) mass is 329 g/mol. The van der Waals surface area contributed by atoms with E-state index in [0.717, 1.165) is 31.6 Å². The fraction of sp³-hybridized carbons (Fsp3) is 0.500. The van der Waals surface area contributed by atoms with Crippen LogP contribution in [0.3, 0.4) is 0 Å². The second-order valence-corrected chi connectivity index (χ2v) is 7.46. The van der Waals surface area contributed by atoms with Crippen molar-refractivity contribution >= 4 is 38.6 Å². The van der Waals surface area contributed by atoms with Crippen molar-refractivity contribution in [2.24, 2.45) is 10.7 Å². The molecular weight excluding hydrogens is 310 g/mol. The molecule has 0 saturated carbocycles. The zero-order chi connectivity index (χ0) is 15.5. The summed E-state index contributed by atoms with van der Waals surface area (Å²) in [6.07, 6.45) is 4.70. The van der Waals surface area contributed by atoms with Gasteiger partial charge in [0.1, 0.15) is 5.84 Å². The number of hydrogen-bond donors (Lipinski definition) is 1. The molecule has 1 fully saturated rings. The van der Waals surface area contributed by atoms with Crippen LogP contribution in [0.1, 0.15) is 19.3 Å². The van der Waals surface area contributed by atoms with E-state index in [9.17, 15) is 8.42 Å². The van der Waals surface area contributed by atoms with E-state index >= 15 is 0 Å². The van der Waals surface area contributed by atoms with Crippen molar-refractivity contribution in [1.29, 1.82) is 0 Å². The van der Waals surface area contributed by atoms with Gasteiger partial charge in [0.2, 0.25) is 0 Å². The molecule has 0 bridgehead atoms.